The summed E-state index contributed by atoms with van der Waals surface area (Å²) in [5.41, 5.74) is -3.84. The molecule has 2 N–H and O–H groups in total. The Morgan fingerprint density at radius 2 is 1.75 bits per heavy atom. The molecule has 1 heterocycles. The van der Waals surface area contributed by atoms with E-state index in [1.807, 2.05) is 0 Å². The molecule has 1 aliphatic heterocycles. The first-order valence-electron chi connectivity index (χ1n) is 5.72. The van der Waals surface area contributed by atoms with Gasteiger partial charge in [-0.3, -0.25) is 4.79 Å². The highest BCUT2D eigenvalue weighted by Crippen LogP contribution is 2.55. The van der Waals surface area contributed by atoms with Gasteiger partial charge in [-0.2, -0.15) is 26.3 Å². The zero-order valence-electron chi connectivity index (χ0n) is 10.1. The maximum atomic E-state index is 13.1. The highest BCUT2D eigenvalue weighted by molar-refractivity contribution is 9.09. The van der Waals surface area contributed by atoms with E-state index in [1.165, 1.54) is 0 Å². The molecule has 0 radical (unpaired) electrons. The fraction of sp³-hybridized carbons (Fsp3) is 0.900. The van der Waals surface area contributed by atoms with Gasteiger partial charge in [0, 0.05) is 13.3 Å². The second kappa shape index (κ2) is 4.49. The number of nitrogens with two attached hydrogens (primary N) is 1. The summed E-state index contributed by atoms with van der Waals surface area (Å²) in [5.74, 6) is -2.46. The smallest absolute Gasteiger partial charge is 0.454 e. The zero-order chi connectivity index (χ0) is 15.5. The maximum absolute atomic E-state index is 13.1. The summed E-state index contributed by atoms with van der Waals surface area (Å²) in [7, 11) is 0. The standard InChI is InChI=1S/C10H10BrF6NO2/c1-3(19)20-7-5-2-4(6(7)11)8(18-5,9(12,13)14)10(15,16)17/h4-7,18H,2H2,1H3/p+1/t4-,5+,6-,7+/m0/s1. The molecule has 3 nitrogen and oxygen atoms in total. The van der Waals surface area contributed by atoms with Crippen LogP contribution < -0.4 is 5.32 Å². The highest BCUT2D eigenvalue weighted by atomic mass is 79.9. The van der Waals surface area contributed by atoms with Crippen LogP contribution in [0, 0.1) is 5.92 Å². The third-order valence-electron chi connectivity index (χ3n) is 3.95. The van der Waals surface area contributed by atoms with Crippen LogP contribution >= 0.6 is 15.9 Å². The van der Waals surface area contributed by atoms with Crippen molar-refractivity contribution < 1.29 is 41.2 Å². The van der Waals surface area contributed by atoms with Crippen molar-refractivity contribution in [2.24, 2.45) is 5.92 Å². The van der Waals surface area contributed by atoms with Gasteiger partial charge in [0.1, 0.15) is 6.04 Å². The lowest BCUT2D eigenvalue weighted by Crippen LogP contribution is -3.08. The van der Waals surface area contributed by atoms with Crippen molar-refractivity contribution >= 4 is 21.9 Å². The number of fused-ring (bicyclic) bond motifs is 2. The first kappa shape index (κ1) is 15.9. The average molecular weight is 371 g/mol. The van der Waals surface area contributed by atoms with Crippen LogP contribution in [0.2, 0.25) is 0 Å². The van der Waals surface area contributed by atoms with Crippen LogP contribution in [-0.2, 0) is 9.53 Å². The molecule has 20 heavy (non-hydrogen) atoms. The third-order valence-corrected chi connectivity index (χ3v) is 5.11. The minimum Gasteiger partial charge on any atom is -0.455 e. The molecule has 1 aliphatic carbocycles. The van der Waals surface area contributed by atoms with E-state index >= 15 is 0 Å². The second-order valence-corrected chi connectivity index (χ2v) is 6.11. The predicted octanol–water partition coefficient (Wildman–Crippen LogP) is 1.51. The van der Waals surface area contributed by atoms with Gasteiger partial charge in [-0.05, 0) is 0 Å². The number of rotatable bonds is 1. The molecular formula is C10H11BrF6NO2+. The number of halogens is 7. The van der Waals surface area contributed by atoms with Crippen molar-refractivity contribution in [3.63, 3.8) is 0 Å². The molecule has 0 aromatic carbocycles. The number of esters is 1. The van der Waals surface area contributed by atoms with Crippen molar-refractivity contribution in [1.29, 1.82) is 0 Å². The Bertz CT molecular complexity index is 407. The van der Waals surface area contributed by atoms with Gasteiger partial charge in [-0.15, -0.1) is 0 Å². The van der Waals surface area contributed by atoms with Gasteiger partial charge in [0.05, 0.1) is 10.7 Å². The van der Waals surface area contributed by atoms with Crippen molar-refractivity contribution in [3.05, 3.63) is 0 Å². The molecule has 1 saturated heterocycles. The van der Waals surface area contributed by atoms with E-state index in [-0.39, 0.29) is 11.7 Å². The number of ether oxygens (including phenoxy) is 1. The molecule has 0 spiro atoms. The first-order valence-corrected chi connectivity index (χ1v) is 6.64. The summed E-state index contributed by atoms with van der Waals surface area (Å²) < 4.78 is 83.1. The van der Waals surface area contributed by atoms with Crippen LogP contribution in [0.25, 0.3) is 0 Å². The molecule has 2 aliphatic rings. The number of carbonyl (C=O) groups is 1. The fourth-order valence-corrected chi connectivity index (χ4v) is 4.33. The summed E-state index contributed by atoms with van der Waals surface area (Å²) in [6.07, 6.45) is -12.2. The van der Waals surface area contributed by atoms with Gasteiger partial charge in [0.2, 0.25) is 0 Å². The van der Waals surface area contributed by atoms with Crippen LogP contribution in [0.5, 0.6) is 0 Å². The number of alkyl halides is 7. The molecule has 10 heteroatoms. The Kier molecular flexibility index (Phi) is 3.56. The molecule has 2 rings (SSSR count). The van der Waals surface area contributed by atoms with E-state index in [0.717, 1.165) is 6.92 Å². The van der Waals surface area contributed by atoms with Crippen molar-refractivity contribution in [1.82, 2.24) is 0 Å². The molecule has 0 aromatic rings. The normalized spacial score (nSPS) is 36.2. The molecule has 0 aromatic heterocycles. The highest BCUT2D eigenvalue weighted by Gasteiger charge is 2.85. The van der Waals surface area contributed by atoms with Gasteiger partial charge in [0.25, 0.3) is 5.54 Å². The van der Waals surface area contributed by atoms with Gasteiger partial charge < -0.3 is 10.1 Å². The second-order valence-electron chi connectivity index (χ2n) is 5.06. The Balaban J connectivity index is 2.37. The monoisotopic (exact) mass is 370 g/mol. The van der Waals surface area contributed by atoms with E-state index in [2.05, 4.69) is 15.9 Å². The zero-order valence-corrected chi connectivity index (χ0v) is 11.6. The van der Waals surface area contributed by atoms with Crippen molar-refractivity contribution in [2.45, 2.75) is 48.2 Å². The molecule has 0 amide bonds. The van der Waals surface area contributed by atoms with E-state index in [4.69, 9.17) is 4.74 Å². The van der Waals surface area contributed by atoms with Gasteiger partial charge in [0.15, 0.2) is 6.10 Å². The van der Waals surface area contributed by atoms with Crippen LogP contribution in [0.1, 0.15) is 13.3 Å². The summed E-state index contributed by atoms with van der Waals surface area (Å²) in [6.45, 7) is 1.06. The summed E-state index contributed by atoms with van der Waals surface area (Å²) >= 11 is 2.85. The van der Waals surface area contributed by atoms with E-state index in [0.29, 0.717) is 0 Å². The summed E-state index contributed by atoms with van der Waals surface area (Å²) in [5, 5.41) is 0.267. The van der Waals surface area contributed by atoms with Crippen LogP contribution in [0.3, 0.4) is 0 Å². The number of piperidine rings is 1. The number of quaternary nitrogens is 1. The lowest BCUT2D eigenvalue weighted by Gasteiger charge is -2.41. The predicted molar refractivity (Wildman–Crippen MR) is 56.9 cm³/mol. The molecule has 2 fully saturated rings. The lowest BCUT2D eigenvalue weighted by molar-refractivity contribution is -0.799. The Morgan fingerprint density at radius 3 is 2.10 bits per heavy atom. The van der Waals surface area contributed by atoms with Gasteiger partial charge in [-0.25, -0.2) is 0 Å². The summed E-state index contributed by atoms with van der Waals surface area (Å²) in [6, 6.07) is -1.06. The molecule has 0 unspecified atom stereocenters. The Hall–Kier alpha value is -0.510. The topological polar surface area (TPSA) is 42.9 Å². The maximum Gasteiger partial charge on any atom is 0.454 e. The van der Waals surface area contributed by atoms with Gasteiger partial charge >= 0.3 is 18.3 Å². The molecule has 4 atom stereocenters. The average Bonchev–Trinajstić information content (AvgIpc) is 2.74. The molecular weight excluding hydrogens is 360 g/mol. The van der Waals surface area contributed by atoms with E-state index in [1.54, 1.807) is 0 Å². The quantitative estimate of drug-likeness (QED) is 0.432. The van der Waals surface area contributed by atoms with Crippen LogP contribution in [0.4, 0.5) is 26.3 Å². The minimum atomic E-state index is -5.43. The lowest BCUT2D eigenvalue weighted by atomic mass is 9.82. The largest absolute Gasteiger partial charge is 0.455 e. The Morgan fingerprint density at radius 1 is 1.25 bits per heavy atom. The van der Waals surface area contributed by atoms with Gasteiger partial charge in [-0.1, -0.05) is 15.9 Å². The fourth-order valence-electron chi connectivity index (χ4n) is 3.20. The van der Waals surface area contributed by atoms with Crippen LogP contribution in [-0.4, -0.2) is 40.8 Å². The molecule has 2 bridgehead atoms. The number of carbonyl (C=O) groups excluding carboxylic acids is 1. The van der Waals surface area contributed by atoms with E-state index in [9.17, 15) is 31.1 Å². The molecule has 116 valence electrons. The molecule has 1 saturated carbocycles. The van der Waals surface area contributed by atoms with Crippen molar-refractivity contribution in [3.8, 4) is 0 Å². The minimum absolute atomic E-state index is 0.267. The SMILES string of the molecule is CC(=O)O[C@H]1[C@@H](Br)[C@@H]2C[C@H]1[NH2+]C2(C(F)(F)F)C(F)(F)F. The third kappa shape index (κ3) is 2.02. The first-order chi connectivity index (χ1) is 8.92. The number of hydrogen-bond acceptors (Lipinski definition) is 2. The van der Waals surface area contributed by atoms with Crippen LogP contribution in [0.15, 0.2) is 0 Å². The van der Waals surface area contributed by atoms with Crippen molar-refractivity contribution in [2.75, 3.05) is 0 Å². The van der Waals surface area contributed by atoms with E-state index < -0.39 is 46.8 Å². The summed E-state index contributed by atoms with van der Waals surface area (Å²) in [4.78, 5) is 9.70. The Labute approximate surface area is 118 Å². The number of hydrogen-bond donors (Lipinski definition) is 1.